The Balaban J connectivity index is 1.46. The second-order valence-electron chi connectivity index (χ2n) is 8.62. The number of aliphatic imine (C=N–C) groups is 1. The topological polar surface area (TPSA) is 153 Å². The maximum atomic E-state index is 13.4. The molecule has 0 fully saturated rings. The zero-order valence-electron chi connectivity index (χ0n) is 20.7. The molecule has 5 rings (SSSR count). The van der Waals surface area contributed by atoms with Gasteiger partial charge in [0.15, 0.2) is 0 Å². The molecule has 1 atom stereocenters. The molecule has 0 saturated carbocycles. The van der Waals surface area contributed by atoms with E-state index in [1.165, 1.54) is 12.1 Å². The molecule has 3 N–H and O–H groups in total. The number of hydrogen-bond acceptors (Lipinski definition) is 9. The highest BCUT2D eigenvalue weighted by atomic mass is 35.5. The van der Waals surface area contributed by atoms with E-state index in [0.29, 0.717) is 32.4 Å². The molecule has 2 aromatic heterocycles. The van der Waals surface area contributed by atoms with Crippen LogP contribution < -0.4 is 16.0 Å². The van der Waals surface area contributed by atoms with Gasteiger partial charge in [0.05, 0.1) is 16.7 Å². The van der Waals surface area contributed by atoms with E-state index in [-0.39, 0.29) is 35.7 Å². The number of aryl methyl sites for hydroxylation is 1. The van der Waals surface area contributed by atoms with Gasteiger partial charge in [-0.3, -0.25) is 24.9 Å². The third-order valence-corrected chi connectivity index (χ3v) is 6.59. The van der Waals surface area contributed by atoms with Crippen LogP contribution in [-0.2, 0) is 17.9 Å². The van der Waals surface area contributed by atoms with E-state index in [0.717, 1.165) is 12.1 Å². The second-order valence-corrected chi connectivity index (χ2v) is 9.47. The molecule has 4 aromatic rings. The molecule has 0 aliphatic carbocycles. The van der Waals surface area contributed by atoms with E-state index in [1.54, 1.807) is 42.1 Å². The molecule has 14 heteroatoms. The SMILES string of the molecule is CCn1cc(CNC(=O)C2=C(C)NC(Nc3nc4cccc([N+](=O)[O-])c4o3)=NC2c2ccc(Cl)cc2Cl)cn1. The van der Waals surface area contributed by atoms with Crippen LogP contribution in [0.5, 0.6) is 0 Å². The zero-order chi connectivity index (χ0) is 27.7. The summed E-state index contributed by atoms with van der Waals surface area (Å²) < 4.78 is 7.39. The first-order valence-corrected chi connectivity index (χ1v) is 12.6. The average molecular weight is 569 g/mol. The number of nitrogens with zero attached hydrogens (tertiary/aromatic N) is 5. The summed E-state index contributed by atoms with van der Waals surface area (Å²) in [6.45, 7) is 4.70. The normalized spacial score (nSPS) is 15.2. The summed E-state index contributed by atoms with van der Waals surface area (Å²) in [7, 11) is 0. The smallest absolute Gasteiger partial charge is 0.313 e. The molecule has 200 valence electrons. The fourth-order valence-electron chi connectivity index (χ4n) is 4.16. The number of hydrogen-bond donors (Lipinski definition) is 3. The number of guanidine groups is 1. The molecule has 0 radical (unpaired) electrons. The Morgan fingerprint density at radius 3 is 2.82 bits per heavy atom. The van der Waals surface area contributed by atoms with E-state index in [9.17, 15) is 14.9 Å². The highest BCUT2D eigenvalue weighted by Crippen LogP contribution is 2.36. The Labute approximate surface area is 231 Å². The van der Waals surface area contributed by atoms with Gasteiger partial charge in [-0.15, -0.1) is 0 Å². The highest BCUT2D eigenvalue weighted by Gasteiger charge is 2.31. The van der Waals surface area contributed by atoms with Crippen molar-refractivity contribution < 1.29 is 14.1 Å². The number of halogens is 2. The van der Waals surface area contributed by atoms with Crippen molar-refractivity contribution in [3.05, 3.63) is 91.3 Å². The van der Waals surface area contributed by atoms with Crippen LogP contribution in [0.3, 0.4) is 0 Å². The van der Waals surface area contributed by atoms with E-state index in [2.05, 4.69) is 31.0 Å². The van der Waals surface area contributed by atoms with Gasteiger partial charge in [-0.2, -0.15) is 10.1 Å². The van der Waals surface area contributed by atoms with Crippen molar-refractivity contribution in [1.82, 2.24) is 25.4 Å². The van der Waals surface area contributed by atoms with Gasteiger partial charge in [0.2, 0.25) is 11.5 Å². The zero-order valence-corrected chi connectivity index (χ0v) is 22.2. The lowest BCUT2D eigenvalue weighted by Gasteiger charge is -2.27. The molecule has 1 unspecified atom stereocenters. The van der Waals surface area contributed by atoms with Crippen molar-refractivity contribution in [1.29, 1.82) is 0 Å². The summed E-state index contributed by atoms with van der Waals surface area (Å²) >= 11 is 12.6. The van der Waals surface area contributed by atoms with Crippen molar-refractivity contribution in [2.75, 3.05) is 5.32 Å². The van der Waals surface area contributed by atoms with Gasteiger partial charge in [0.1, 0.15) is 11.6 Å². The van der Waals surface area contributed by atoms with Crippen molar-refractivity contribution in [2.24, 2.45) is 4.99 Å². The number of para-hydroxylation sites is 1. The molecule has 1 aliphatic heterocycles. The van der Waals surface area contributed by atoms with Crippen molar-refractivity contribution in [2.45, 2.75) is 33.0 Å². The molecule has 1 aliphatic rings. The predicted octanol–water partition coefficient (Wildman–Crippen LogP) is 4.96. The number of carbonyl (C=O) groups excluding carboxylic acids is 1. The average Bonchev–Trinajstić information content (AvgIpc) is 3.53. The number of aromatic nitrogens is 3. The minimum absolute atomic E-state index is 0.0138. The Morgan fingerprint density at radius 2 is 2.10 bits per heavy atom. The molecule has 0 bridgehead atoms. The number of nitro groups is 1. The monoisotopic (exact) mass is 568 g/mol. The lowest BCUT2D eigenvalue weighted by atomic mass is 9.95. The Kier molecular flexibility index (Phi) is 7.22. The molecule has 39 heavy (non-hydrogen) atoms. The van der Waals surface area contributed by atoms with Gasteiger partial charge < -0.3 is 15.1 Å². The lowest BCUT2D eigenvalue weighted by molar-refractivity contribution is -0.383. The summed E-state index contributed by atoms with van der Waals surface area (Å²) in [4.78, 5) is 33.2. The van der Waals surface area contributed by atoms with Crippen molar-refractivity contribution in [3.8, 4) is 0 Å². The van der Waals surface area contributed by atoms with E-state index >= 15 is 0 Å². The van der Waals surface area contributed by atoms with Gasteiger partial charge in [-0.1, -0.05) is 35.3 Å². The highest BCUT2D eigenvalue weighted by molar-refractivity contribution is 6.35. The van der Waals surface area contributed by atoms with Crippen LogP contribution in [0.15, 0.2) is 69.5 Å². The van der Waals surface area contributed by atoms with Crippen LogP contribution >= 0.6 is 23.2 Å². The molecule has 12 nitrogen and oxygen atoms in total. The number of amides is 1. The molecule has 0 spiro atoms. The van der Waals surface area contributed by atoms with Gasteiger partial charge in [-0.25, -0.2) is 4.99 Å². The third kappa shape index (κ3) is 5.42. The maximum Gasteiger partial charge on any atom is 0.313 e. The number of carbonyl (C=O) groups is 1. The maximum absolute atomic E-state index is 13.4. The summed E-state index contributed by atoms with van der Waals surface area (Å²) in [5, 5.41) is 25.3. The quantitative estimate of drug-likeness (QED) is 0.209. The second kappa shape index (κ2) is 10.8. The van der Waals surface area contributed by atoms with Crippen LogP contribution in [0.2, 0.25) is 10.0 Å². The number of nitro benzene ring substituents is 1. The van der Waals surface area contributed by atoms with E-state index in [1.807, 2.05) is 13.1 Å². The number of fused-ring (bicyclic) bond motifs is 1. The number of rotatable bonds is 7. The van der Waals surface area contributed by atoms with Gasteiger partial charge in [0.25, 0.3) is 5.91 Å². The predicted molar refractivity (Wildman–Crippen MR) is 147 cm³/mol. The molecule has 1 amide bonds. The summed E-state index contributed by atoms with van der Waals surface area (Å²) in [6, 6.07) is 8.57. The fraction of sp³-hybridized carbons (Fsp3) is 0.200. The van der Waals surface area contributed by atoms with E-state index < -0.39 is 11.0 Å². The largest absolute Gasteiger partial charge is 0.416 e. The Hall–Kier alpha value is -4.42. The van der Waals surface area contributed by atoms with Crippen LogP contribution in [-0.4, -0.2) is 31.6 Å². The molecule has 2 aromatic carbocycles. The van der Waals surface area contributed by atoms with Gasteiger partial charge in [0, 0.05) is 52.2 Å². The third-order valence-electron chi connectivity index (χ3n) is 6.02. The van der Waals surface area contributed by atoms with Crippen LogP contribution in [0.25, 0.3) is 11.1 Å². The van der Waals surface area contributed by atoms with Gasteiger partial charge in [-0.05, 0) is 32.0 Å². The number of non-ortho nitro benzene ring substituents is 1. The summed E-state index contributed by atoms with van der Waals surface area (Å²) in [5.74, 6) is -0.140. The van der Waals surface area contributed by atoms with E-state index in [4.69, 9.17) is 27.6 Å². The van der Waals surface area contributed by atoms with Crippen LogP contribution in [0.4, 0.5) is 11.7 Å². The molecular weight excluding hydrogens is 547 g/mol. The Bertz CT molecular complexity index is 1660. The number of allylic oxidation sites excluding steroid dienone is 1. The first-order chi connectivity index (χ1) is 18.7. The molecular formula is C25H22Cl2N8O4. The van der Waals surface area contributed by atoms with Crippen molar-refractivity contribution in [3.63, 3.8) is 0 Å². The standard InChI is InChI=1S/C25H22Cl2N8O4/c1-3-34-12-14(11-29-34)10-28-23(36)20-13(2)30-24(32-21(20)16-8-7-15(26)9-17(16)27)33-25-31-18-5-4-6-19(35(37)38)22(18)39-25/h4-9,11-12,21H,3,10H2,1-2H3,(H,28,36)(H2,30,31,32,33). The molecule has 0 saturated heterocycles. The number of benzene rings is 2. The van der Waals surface area contributed by atoms with Gasteiger partial charge >= 0.3 is 11.7 Å². The number of nitrogens with one attached hydrogen (secondary N) is 3. The summed E-state index contributed by atoms with van der Waals surface area (Å²) in [6.07, 6.45) is 3.56. The minimum atomic E-state index is -0.810. The summed E-state index contributed by atoms with van der Waals surface area (Å²) in [5.41, 5.74) is 2.38. The first-order valence-electron chi connectivity index (χ1n) is 11.8. The number of oxazole rings is 1. The first kappa shape index (κ1) is 26.2. The Morgan fingerprint density at radius 1 is 1.28 bits per heavy atom. The number of anilines is 1. The van der Waals surface area contributed by atoms with Crippen LogP contribution in [0.1, 0.15) is 31.0 Å². The molecule has 3 heterocycles. The lowest BCUT2D eigenvalue weighted by Crippen LogP contribution is -2.39. The fourth-order valence-corrected chi connectivity index (χ4v) is 4.68. The van der Waals surface area contributed by atoms with Crippen molar-refractivity contribution >= 4 is 57.9 Å². The van der Waals surface area contributed by atoms with Crippen LogP contribution in [0, 0.1) is 10.1 Å². The minimum Gasteiger partial charge on any atom is -0.416 e.